The Bertz CT molecular complexity index is 218. The molecular formula is C9H12OS. The first-order valence-corrected chi connectivity index (χ1v) is 4.22. The number of phenolic OH excluding ortho intramolecular Hbond substituents is 1. The highest BCUT2D eigenvalue weighted by molar-refractivity contribution is 7.80. The normalized spacial score (nSPS) is 12.9. The molecule has 0 aliphatic heterocycles. The van der Waals surface area contributed by atoms with E-state index in [2.05, 4.69) is 19.6 Å². The summed E-state index contributed by atoms with van der Waals surface area (Å²) in [4.78, 5) is 0. The van der Waals surface area contributed by atoms with E-state index in [-0.39, 0.29) is 5.25 Å². The second-order valence-electron chi connectivity index (χ2n) is 2.52. The largest absolute Gasteiger partial charge is 0.508 e. The van der Waals surface area contributed by atoms with Gasteiger partial charge in [-0.2, -0.15) is 12.6 Å². The van der Waals surface area contributed by atoms with Crippen LogP contribution in [0.2, 0.25) is 0 Å². The Kier molecular flexibility index (Phi) is 2.83. The predicted octanol–water partition coefficient (Wildman–Crippen LogP) is 2.77. The summed E-state index contributed by atoms with van der Waals surface area (Å²) in [5.41, 5.74) is 1.16. The summed E-state index contributed by atoms with van der Waals surface area (Å²) in [5.74, 6) is 0.311. The summed E-state index contributed by atoms with van der Waals surface area (Å²) in [6.07, 6.45) is 1.01. The molecule has 1 aromatic carbocycles. The van der Waals surface area contributed by atoms with Crippen LogP contribution in [-0.2, 0) is 0 Å². The Balaban J connectivity index is 2.81. The highest BCUT2D eigenvalue weighted by atomic mass is 32.1. The van der Waals surface area contributed by atoms with E-state index in [1.165, 1.54) is 0 Å². The molecule has 0 aliphatic carbocycles. The quantitative estimate of drug-likeness (QED) is 0.651. The zero-order chi connectivity index (χ0) is 8.27. The number of thiol groups is 1. The first kappa shape index (κ1) is 8.47. The van der Waals surface area contributed by atoms with Crippen LogP contribution in [0.15, 0.2) is 24.3 Å². The maximum absolute atomic E-state index is 8.99. The molecule has 1 rings (SSSR count). The summed E-state index contributed by atoms with van der Waals surface area (Å²) >= 11 is 4.37. The fourth-order valence-corrected chi connectivity index (χ4v) is 1.10. The van der Waals surface area contributed by atoms with Gasteiger partial charge in [-0.1, -0.05) is 19.1 Å². The number of phenols is 1. The fraction of sp³-hybridized carbons (Fsp3) is 0.333. The van der Waals surface area contributed by atoms with Gasteiger partial charge in [-0.05, 0) is 24.1 Å². The summed E-state index contributed by atoms with van der Waals surface area (Å²) in [6, 6.07) is 7.18. The lowest BCUT2D eigenvalue weighted by Crippen LogP contribution is -1.86. The van der Waals surface area contributed by atoms with Gasteiger partial charge < -0.3 is 5.11 Å². The van der Waals surface area contributed by atoms with Crippen LogP contribution in [0.5, 0.6) is 5.75 Å². The Morgan fingerprint density at radius 1 is 1.36 bits per heavy atom. The third-order valence-electron chi connectivity index (χ3n) is 1.66. The highest BCUT2D eigenvalue weighted by Crippen LogP contribution is 2.24. The number of hydrogen-bond acceptors (Lipinski definition) is 2. The molecule has 1 nitrogen and oxygen atoms in total. The average molecular weight is 168 g/mol. The second kappa shape index (κ2) is 3.67. The number of aromatic hydroxyl groups is 1. The molecule has 0 heterocycles. The predicted molar refractivity (Wildman–Crippen MR) is 50.1 cm³/mol. The molecule has 1 aromatic rings. The van der Waals surface area contributed by atoms with E-state index in [1.54, 1.807) is 12.1 Å². The summed E-state index contributed by atoms with van der Waals surface area (Å²) in [7, 11) is 0. The zero-order valence-corrected chi connectivity index (χ0v) is 7.38. The van der Waals surface area contributed by atoms with Crippen molar-refractivity contribution >= 4 is 12.6 Å². The van der Waals surface area contributed by atoms with Gasteiger partial charge >= 0.3 is 0 Å². The molecule has 0 radical (unpaired) electrons. The van der Waals surface area contributed by atoms with Crippen molar-refractivity contribution in [2.75, 3.05) is 0 Å². The van der Waals surface area contributed by atoms with Crippen LogP contribution in [-0.4, -0.2) is 5.11 Å². The SMILES string of the molecule is CCC(S)c1ccc(O)cc1. The monoisotopic (exact) mass is 168 g/mol. The molecule has 0 fully saturated rings. The van der Waals surface area contributed by atoms with E-state index in [1.807, 2.05) is 12.1 Å². The molecule has 60 valence electrons. The van der Waals surface area contributed by atoms with Crippen LogP contribution in [0.3, 0.4) is 0 Å². The first-order chi connectivity index (χ1) is 5.24. The van der Waals surface area contributed by atoms with Crippen molar-refractivity contribution in [1.82, 2.24) is 0 Å². The molecule has 0 spiro atoms. The first-order valence-electron chi connectivity index (χ1n) is 3.71. The summed E-state index contributed by atoms with van der Waals surface area (Å²) in [5, 5.41) is 9.27. The summed E-state index contributed by atoms with van der Waals surface area (Å²) < 4.78 is 0. The molecular weight excluding hydrogens is 156 g/mol. The highest BCUT2D eigenvalue weighted by Gasteiger charge is 2.01. The van der Waals surface area contributed by atoms with Crippen LogP contribution in [0.25, 0.3) is 0 Å². The fourth-order valence-electron chi connectivity index (χ4n) is 0.932. The van der Waals surface area contributed by atoms with E-state index in [9.17, 15) is 0 Å². The number of rotatable bonds is 2. The molecule has 1 N–H and O–H groups in total. The third kappa shape index (κ3) is 2.15. The maximum atomic E-state index is 8.99. The Hall–Kier alpha value is -0.630. The van der Waals surface area contributed by atoms with Crippen molar-refractivity contribution in [1.29, 1.82) is 0 Å². The van der Waals surface area contributed by atoms with Crippen molar-refractivity contribution in [3.8, 4) is 5.75 Å². The van der Waals surface area contributed by atoms with E-state index in [0.29, 0.717) is 5.75 Å². The minimum absolute atomic E-state index is 0.288. The smallest absolute Gasteiger partial charge is 0.115 e. The van der Waals surface area contributed by atoms with Crippen LogP contribution in [0, 0.1) is 0 Å². The molecule has 1 atom stereocenters. The molecule has 0 saturated carbocycles. The third-order valence-corrected chi connectivity index (χ3v) is 2.33. The molecule has 2 heteroatoms. The minimum Gasteiger partial charge on any atom is -0.508 e. The van der Waals surface area contributed by atoms with Crippen molar-refractivity contribution in [3.05, 3.63) is 29.8 Å². The van der Waals surface area contributed by atoms with Gasteiger partial charge in [0.2, 0.25) is 0 Å². The van der Waals surface area contributed by atoms with Gasteiger partial charge in [-0.3, -0.25) is 0 Å². The van der Waals surface area contributed by atoms with Crippen molar-refractivity contribution < 1.29 is 5.11 Å². The van der Waals surface area contributed by atoms with Gasteiger partial charge in [0.25, 0.3) is 0 Å². The van der Waals surface area contributed by atoms with Gasteiger partial charge in [0, 0.05) is 5.25 Å². The van der Waals surface area contributed by atoms with Gasteiger partial charge in [0.1, 0.15) is 5.75 Å². The van der Waals surface area contributed by atoms with Gasteiger partial charge in [0.05, 0.1) is 0 Å². The van der Waals surface area contributed by atoms with Crippen LogP contribution < -0.4 is 0 Å². The minimum atomic E-state index is 0.288. The number of hydrogen-bond donors (Lipinski definition) is 2. The molecule has 1 unspecified atom stereocenters. The molecule has 0 aromatic heterocycles. The lowest BCUT2D eigenvalue weighted by atomic mass is 10.1. The second-order valence-corrected chi connectivity index (χ2v) is 3.14. The standard InChI is InChI=1S/C9H12OS/c1-2-9(11)7-3-5-8(10)6-4-7/h3-6,9-11H,2H2,1H3. The number of benzene rings is 1. The molecule has 0 amide bonds. The lowest BCUT2D eigenvalue weighted by Gasteiger charge is -2.06. The van der Waals surface area contributed by atoms with E-state index >= 15 is 0 Å². The molecule has 0 aliphatic rings. The van der Waals surface area contributed by atoms with Crippen molar-refractivity contribution in [2.45, 2.75) is 18.6 Å². The van der Waals surface area contributed by atoms with Crippen molar-refractivity contribution in [3.63, 3.8) is 0 Å². The summed E-state index contributed by atoms with van der Waals surface area (Å²) in [6.45, 7) is 2.09. The van der Waals surface area contributed by atoms with Crippen LogP contribution >= 0.6 is 12.6 Å². The topological polar surface area (TPSA) is 20.2 Å². The zero-order valence-electron chi connectivity index (χ0n) is 6.49. The lowest BCUT2D eigenvalue weighted by molar-refractivity contribution is 0.475. The Morgan fingerprint density at radius 3 is 2.36 bits per heavy atom. The van der Waals surface area contributed by atoms with E-state index in [0.717, 1.165) is 12.0 Å². The molecule has 0 bridgehead atoms. The van der Waals surface area contributed by atoms with Gasteiger partial charge in [0.15, 0.2) is 0 Å². The molecule has 0 saturated heterocycles. The van der Waals surface area contributed by atoms with Crippen LogP contribution in [0.1, 0.15) is 24.2 Å². The van der Waals surface area contributed by atoms with Crippen LogP contribution in [0.4, 0.5) is 0 Å². The van der Waals surface area contributed by atoms with Gasteiger partial charge in [-0.25, -0.2) is 0 Å². The molecule has 11 heavy (non-hydrogen) atoms. The average Bonchev–Trinajstić information content (AvgIpc) is 2.05. The van der Waals surface area contributed by atoms with E-state index < -0.39 is 0 Å². The Labute approximate surface area is 72.5 Å². The Morgan fingerprint density at radius 2 is 1.91 bits per heavy atom. The van der Waals surface area contributed by atoms with E-state index in [4.69, 9.17) is 5.11 Å². The van der Waals surface area contributed by atoms with Crippen molar-refractivity contribution in [2.24, 2.45) is 0 Å². The maximum Gasteiger partial charge on any atom is 0.115 e. The van der Waals surface area contributed by atoms with Gasteiger partial charge in [-0.15, -0.1) is 0 Å².